The van der Waals surface area contributed by atoms with Gasteiger partial charge < -0.3 is 5.73 Å². The number of alkyl halides is 1. The Balaban J connectivity index is 2.37. The van der Waals surface area contributed by atoms with Gasteiger partial charge in [0.1, 0.15) is 5.67 Å². The Hall–Kier alpha value is -0.890. The molecule has 2 heteroatoms. The number of benzene rings is 1. The van der Waals surface area contributed by atoms with E-state index in [9.17, 15) is 4.39 Å². The van der Waals surface area contributed by atoms with Gasteiger partial charge >= 0.3 is 0 Å². The zero-order valence-electron chi connectivity index (χ0n) is 9.22. The van der Waals surface area contributed by atoms with Gasteiger partial charge in [0, 0.05) is 6.54 Å². The van der Waals surface area contributed by atoms with Gasteiger partial charge in [-0.2, -0.15) is 0 Å². The molecule has 1 nitrogen and oxygen atoms in total. The van der Waals surface area contributed by atoms with Crippen LogP contribution in [-0.2, 0) is 18.5 Å². The molecular formula is C13H18FN. The Morgan fingerprint density at radius 3 is 2.73 bits per heavy atom. The van der Waals surface area contributed by atoms with E-state index in [0.717, 1.165) is 18.4 Å². The number of halogens is 1. The summed E-state index contributed by atoms with van der Waals surface area (Å²) in [4.78, 5) is 0. The molecule has 1 atom stereocenters. The maximum absolute atomic E-state index is 14.3. The third kappa shape index (κ3) is 1.78. The second kappa shape index (κ2) is 3.93. The number of hydrogen-bond donors (Lipinski definition) is 1. The van der Waals surface area contributed by atoms with Crippen LogP contribution in [0.15, 0.2) is 18.2 Å². The number of fused-ring (bicyclic) bond motifs is 1. The lowest BCUT2D eigenvalue weighted by atomic mass is 9.91. The molecule has 1 aliphatic rings. The molecule has 1 aromatic carbocycles. The van der Waals surface area contributed by atoms with E-state index in [1.807, 2.05) is 19.1 Å². The monoisotopic (exact) mass is 207 g/mol. The Labute approximate surface area is 90.5 Å². The molecule has 0 amide bonds. The van der Waals surface area contributed by atoms with Gasteiger partial charge in [0.05, 0.1) is 0 Å². The van der Waals surface area contributed by atoms with Gasteiger partial charge in [0.15, 0.2) is 0 Å². The summed E-state index contributed by atoms with van der Waals surface area (Å²) in [6, 6.07) is 5.98. The minimum absolute atomic E-state index is 0.0717. The Morgan fingerprint density at radius 1 is 1.33 bits per heavy atom. The summed E-state index contributed by atoms with van der Waals surface area (Å²) in [7, 11) is 0. The highest BCUT2D eigenvalue weighted by molar-refractivity contribution is 5.37. The summed E-state index contributed by atoms with van der Waals surface area (Å²) < 4.78 is 14.3. The molecule has 0 saturated heterocycles. The van der Waals surface area contributed by atoms with E-state index in [1.165, 1.54) is 17.5 Å². The van der Waals surface area contributed by atoms with Crippen molar-refractivity contribution >= 4 is 0 Å². The van der Waals surface area contributed by atoms with Crippen molar-refractivity contribution in [2.45, 2.75) is 38.3 Å². The van der Waals surface area contributed by atoms with Crippen LogP contribution in [0.2, 0.25) is 0 Å². The normalized spacial score (nSPS) is 18.6. The molecular weight excluding hydrogens is 189 g/mol. The molecule has 15 heavy (non-hydrogen) atoms. The van der Waals surface area contributed by atoms with E-state index >= 15 is 0 Å². The van der Waals surface area contributed by atoms with E-state index in [4.69, 9.17) is 5.73 Å². The molecule has 0 aliphatic heterocycles. The van der Waals surface area contributed by atoms with Crippen LogP contribution in [0.4, 0.5) is 4.39 Å². The van der Waals surface area contributed by atoms with Crippen molar-refractivity contribution in [2.24, 2.45) is 5.73 Å². The van der Waals surface area contributed by atoms with Crippen molar-refractivity contribution < 1.29 is 4.39 Å². The number of aryl methyl sites for hydroxylation is 2. The van der Waals surface area contributed by atoms with Crippen molar-refractivity contribution in [3.8, 4) is 0 Å². The summed E-state index contributed by atoms with van der Waals surface area (Å²) in [5.41, 5.74) is 7.64. The molecule has 1 aromatic rings. The molecule has 0 aromatic heterocycles. The van der Waals surface area contributed by atoms with Gasteiger partial charge in [-0.15, -0.1) is 0 Å². The molecule has 1 unspecified atom stereocenters. The Kier molecular flexibility index (Phi) is 2.79. The first-order valence-corrected chi connectivity index (χ1v) is 5.71. The zero-order chi connectivity index (χ0) is 10.9. The molecule has 1 aliphatic carbocycles. The molecule has 82 valence electrons. The second-order valence-corrected chi connectivity index (χ2v) is 4.36. The fourth-order valence-electron chi connectivity index (χ4n) is 2.32. The zero-order valence-corrected chi connectivity index (χ0v) is 9.22. The van der Waals surface area contributed by atoms with Crippen molar-refractivity contribution in [3.63, 3.8) is 0 Å². The minimum atomic E-state index is -1.34. The first kappa shape index (κ1) is 10.6. The Bertz CT molecular complexity index is 356. The first-order valence-electron chi connectivity index (χ1n) is 5.71. The fourth-order valence-corrected chi connectivity index (χ4v) is 2.32. The van der Waals surface area contributed by atoms with E-state index in [1.54, 1.807) is 0 Å². The first-order chi connectivity index (χ1) is 7.19. The lowest BCUT2D eigenvalue weighted by Crippen LogP contribution is -2.29. The SMILES string of the molecule is CCC(F)(CN)c1ccc2c(c1)CCC2. The van der Waals surface area contributed by atoms with E-state index in [-0.39, 0.29) is 6.54 Å². The quantitative estimate of drug-likeness (QED) is 0.810. The van der Waals surface area contributed by atoms with Gasteiger partial charge in [-0.25, -0.2) is 4.39 Å². The third-order valence-electron chi connectivity index (χ3n) is 3.50. The van der Waals surface area contributed by atoms with E-state index < -0.39 is 5.67 Å². The van der Waals surface area contributed by atoms with Gasteiger partial charge in [-0.1, -0.05) is 25.1 Å². The predicted molar refractivity (Wildman–Crippen MR) is 60.6 cm³/mol. The van der Waals surface area contributed by atoms with Crippen molar-refractivity contribution in [2.75, 3.05) is 6.54 Å². The standard InChI is InChI=1S/C13H18FN/c1-2-13(14,9-15)12-7-6-10-4-3-5-11(10)8-12/h6-8H,2-5,9,15H2,1H3. The molecule has 0 heterocycles. The van der Waals surface area contributed by atoms with Crippen LogP contribution in [0.25, 0.3) is 0 Å². The third-order valence-corrected chi connectivity index (χ3v) is 3.50. The van der Waals surface area contributed by atoms with Crippen LogP contribution >= 0.6 is 0 Å². The van der Waals surface area contributed by atoms with Crippen LogP contribution in [0.5, 0.6) is 0 Å². The number of hydrogen-bond acceptors (Lipinski definition) is 1. The fraction of sp³-hybridized carbons (Fsp3) is 0.538. The average molecular weight is 207 g/mol. The maximum Gasteiger partial charge on any atom is 0.147 e. The molecule has 2 rings (SSSR count). The molecule has 0 radical (unpaired) electrons. The Morgan fingerprint density at radius 2 is 2.07 bits per heavy atom. The summed E-state index contributed by atoms with van der Waals surface area (Å²) in [5, 5.41) is 0. The molecule has 2 N–H and O–H groups in total. The van der Waals surface area contributed by atoms with Crippen LogP contribution in [-0.4, -0.2) is 6.54 Å². The number of rotatable bonds is 3. The predicted octanol–water partition coefficient (Wildman–Crippen LogP) is 2.71. The lowest BCUT2D eigenvalue weighted by molar-refractivity contribution is 0.169. The molecule has 0 bridgehead atoms. The van der Waals surface area contributed by atoms with E-state index in [0.29, 0.717) is 6.42 Å². The lowest BCUT2D eigenvalue weighted by Gasteiger charge is -2.23. The van der Waals surface area contributed by atoms with Crippen LogP contribution in [0.1, 0.15) is 36.5 Å². The van der Waals surface area contributed by atoms with Crippen LogP contribution < -0.4 is 5.73 Å². The van der Waals surface area contributed by atoms with Gasteiger partial charge in [0.25, 0.3) is 0 Å². The van der Waals surface area contributed by atoms with Gasteiger partial charge in [-0.3, -0.25) is 0 Å². The van der Waals surface area contributed by atoms with Crippen molar-refractivity contribution in [1.29, 1.82) is 0 Å². The van der Waals surface area contributed by atoms with Crippen molar-refractivity contribution in [1.82, 2.24) is 0 Å². The smallest absolute Gasteiger partial charge is 0.147 e. The highest BCUT2D eigenvalue weighted by atomic mass is 19.1. The summed E-state index contributed by atoms with van der Waals surface area (Å²) in [5.74, 6) is 0. The highest BCUT2D eigenvalue weighted by Gasteiger charge is 2.29. The van der Waals surface area contributed by atoms with Crippen LogP contribution in [0.3, 0.4) is 0 Å². The van der Waals surface area contributed by atoms with Gasteiger partial charge in [0.2, 0.25) is 0 Å². The second-order valence-electron chi connectivity index (χ2n) is 4.36. The summed E-state index contributed by atoms with van der Waals surface area (Å²) in [6.45, 7) is 1.92. The average Bonchev–Trinajstić information content (AvgIpc) is 2.74. The van der Waals surface area contributed by atoms with E-state index in [2.05, 4.69) is 6.07 Å². The van der Waals surface area contributed by atoms with Crippen LogP contribution in [0, 0.1) is 0 Å². The number of nitrogens with two attached hydrogens (primary N) is 1. The van der Waals surface area contributed by atoms with Gasteiger partial charge in [-0.05, 0) is 42.4 Å². The highest BCUT2D eigenvalue weighted by Crippen LogP contribution is 2.32. The minimum Gasteiger partial charge on any atom is -0.327 e. The molecule has 0 saturated carbocycles. The largest absolute Gasteiger partial charge is 0.327 e. The maximum atomic E-state index is 14.3. The topological polar surface area (TPSA) is 26.0 Å². The summed E-state index contributed by atoms with van der Waals surface area (Å²) in [6.07, 6.45) is 3.88. The molecule has 0 fully saturated rings. The summed E-state index contributed by atoms with van der Waals surface area (Å²) >= 11 is 0. The molecule has 0 spiro atoms. The van der Waals surface area contributed by atoms with Crippen molar-refractivity contribution in [3.05, 3.63) is 34.9 Å².